The summed E-state index contributed by atoms with van der Waals surface area (Å²) in [6.07, 6.45) is 2.06. The Morgan fingerprint density at radius 2 is 2.10 bits per heavy atom. The Hall–Kier alpha value is -1.07. The van der Waals surface area contributed by atoms with Gasteiger partial charge in [0.05, 0.1) is 0 Å². The number of carbonyl (C=O) groups is 1. The number of amides is 1. The number of carbonyl (C=O) groups excluding carboxylic acids is 1. The molecule has 1 rings (SSSR count). The zero-order valence-corrected chi connectivity index (χ0v) is 14.0. The first kappa shape index (κ1) is 17.0. The van der Waals surface area contributed by atoms with Gasteiger partial charge >= 0.3 is 0 Å². The third-order valence-electron chi connectivity index (χ3n) is 3.36. The van der Waals surface area contributed by atoms with Crippen LogP contribution >= 0.6 is 15.9 Å². The minimum atomic E-state index is -0.0681. The first-order chi connectivity index (χ1) is 9.41. The van der Waals surface area contributed by atoms with E-state index in [4.69, 9.17) is 5.73 Å². The molecule has 1 amide bonds. The van der Waals surface area contributed by atoms with Gasteiger partial charge in [0, 0.05) is 28.3 Å². The topological polar surface area (TPSA) is 58.4 Å². The van der Waals surface area contributed by atoms with Gasteiger partial charge in [-0.05, 0) is 74.4 Å². The Balaban J connectivity index is 2.28. The Kier molecular flexibility index (Phi) is 7.02. The van der Waals surface area contributed by atoms with E-state index < -0.39 is 0 Å². The molecule has 4 nitrogen and oxygen atoms in total. The van der Waals surface area contributed by atoms with Crippen molar-refractivity contribution in [1.29, 1.82) is 0 Å². The molecule has 0 bridgehead atoms. The van der Waals surface area contributed by atoms with Gasteiger partial charge in [-0.25, -0.2) is 0 Å². The number of rotatable bonds is 7. The summed E-state index contributed by atoms with van der Waals surface area (Å²) in [5, 5.41) is 2.92. The molecule has 1 aromatic carbocycles. The average Bonchev–Trinajstić information content (AvgIpc) is 2.40. The molecule has 0 aliphatic heterocycles. The van der Waals surface area contributed by atoms with E-state index in [2.05, 4.69) is 47.0 Å². The van der Waals surface area contributed by atoms with Gasteiger partial charge in [-0.3, -0.25) is 4.79 Å². The maximum Gasteiger partial charge on any atom is 0.251 e. The molecule has 1 aromatic rings. The zero-order chi connectivity index (χ0) is 15.1. The van der Waals surface area contributed by atoms with Gasteiger partial charge in [0.15, 0.2) is 0 Å². The number of unbranched alkanes of at least 4 members (excludes halogenated alkanes) is 1. The largest absolute Gasteiger partial charge is 0.398 e. The molecule has 0 radical (unpaired) electrons. The second-order valence-electron chi connectivity index (χ2n) is 5.27. The predicted octanol–water partition coefficient (Wildman–Crippen LogP) is 2.88. The van der Waals surface area contributed by atoms with E-state index in [1.54, 1.807) is 18.2 Å². The van der Waals surface area contributed by atoms with E-state index in [9.17, 15) is 4.79 Å². The summed E-state index contributed by atoms with van der Waals surface area (Å²) < 4.78 is 0.811. The zero-order valence-electron chi connectivity index (χ0n) is 12.4. The standard InChI is InChI=1S/C15H24BrN3O/c1-11(2)19(3)9-5-4-8-18-15(20)12-6-7-13(16)14(17)10-12/h6-7,10-11H,4-5,8-9,17H2,1-3H3,(H,18,20). The maximum atomic E-state index is 11.9. The van der Waals surface area contributed by atoms with Crippen LogP contribution in [0.4, 0.5) is 5.69 Å². The van der Waals surface area contributed by atoms with E-state index in [-0.39, 0.29) is 5.91 Å². The number of nitrogens with one attached hydrogen (secondary N) is 1. The molecule has 0 heterocycles. The molecule has 0 aliphatic rings. The van der Waals surface area contributed by atoms with Crippen LogP contribution in [0.25, 0.3) is 0 Å². The highest BCUT2D eigenvalue weighted by molar-refractivity contribution is 9.10. The molecule has 0 aromatic heterocycles. The third kappa shape index (κ3) is 5.51. The van der Waals surface area contributed by atoms with Crippen LogP contribution in [0.1, 0.15) is 37.0 Å². The van der Waals surface area contributed by atoms with E-state index in [1.165, 1.54) is 0 Å². The minimum Gasteiger partial charge on any atom is -0.398 e. The molecule has 5 heteroatoms. The summed E-state index contributed by atoms with van der Waals surface area (Å²) in [5.41, 5.74) is 6.95. The van der Waals surface area contributed by atoms with Crippen molar-refractivity contribution in [2.75, 3.05) is 25.9 Å². The van der Waals surface area contributed by atoms with Gasteiger partial charge in [0.1, 0.15) is 0 Å². The Labute approximate surface area is 129 Å². The van der Waals surface area contributed by atoms with Crippen molar-refractivity contribution in [1.82, 2.24) is 10.2 Å². The molecular formula is C15H24BrN3O. The molecule has 0 saturated carbocycles. The van der Waals surface area contributed by atoms with Gasteiger partial charge < -0.3 is 16.0 Å². The first-order valence-electron chi connectivity index (χ1n) is 6.95. The normalized spacial score (nSPS) is 11.1. The lowest BCUT2D eigenvalue weighted by Crippen LogP contribution is -2.29. The Bertz CT molecular complexity index is 449. The summed E-state index contributed by atoms with van der Waals surface area (Å²) in [5.74, 6) is -0.0681. The van der Waals surface area contributed by atoms with E-state index in [0.717, 1.165) is 23.9 Å². The molecule has 0 atom stereocenters. The quantitative estimate of drug-likeness (QED) is 0.592. The lowest BCUT2D eigenvalue weighted by molar-refractivity contribution is 0.0952. The summed E-state index contributed by atoms with van der Waals surface area (Å²) >= 11 is 3.32. The number of benzene rings is 1. The van der Waals surface area contributed by atoms with Gasteiger partial charge in [0.25, 0.3) is 5.91 Å². The van der Waals surface area contributed by atoms with Crippen LogP contribution in [-0.2, 0) is 0 Å². The van der Waals surface area contributed by atoms with Crippen LogP contribution < -0.4 is 11.1 Å². The van der Waals surface area contributed by atoms with Crippen molar-refractivity contribution in [3.05, 3.63) is 28.2 Å². The highest BCUT2D eigenvalue weighted by Crippen LogP contribution is 2.20. The molecule has 0 fully saturated rings. The molecule has 0 unspecified atom stereocenters. The lowest BCUT2D eigenvalue weighted by Gasteiger charge is -2.20. The van der Waals surface area contributed by atoms with Crippen LogP contribution in [-0.4, -0.2) is 37.0 Å². The number of nitrogens with two attached hydrogens (primary N) is 1. The summed E-state index contributed by atoms with van der Waals surface area (Å²) in [7, 11) is 2.12. The van der Waals surface area contributed by atoms with Crippen LogP contribution in [0, 0.1) is 0 Å². The second-order valence-corrected chi connectivity index (χ2v) is 6.13. The minimum absolute atomic E-state index is 0.0681. The van der Waals surface area contributed by atoms with Crippen LogP contribution in [0.5, 0.6) is 0 Å². The van der Waals surface area contributed by atoms with Crippen molar-refractivity contribution in [3.8, 4) is 0 Å². The molecule has 0 aliphatic carbocycles. The number of nitrogen functional groups attached to an aromatic ring is 1. The Morgan fingerprint density at radius 3 is 2.70 bits per heavy atom. The fourth-order valence-corrected chi connectivity index (χ4v) is 1.98. The lowest BCUT2D eigenvalue weighted by atomic mass is 10.2. The average molecular weight is 342 g/mol. The molecule has 112 valence electrons. The first-order valence-corrected chi connectivity index (χ1v) is 7.74. The fraction of sp³-hybridized carbons (Fsp3) is 0.533. The van der Waals surface area contributed by atoms with Crippen LogP contribution in [0.3, 0.4) is 0 Å². The van der Waals surface area contributed by atoms with Gasteiger partial charge in [-0.15, -0.1) is 0 Å². The monoisotopic (exact) mass is 341 g/mol. The van der Waals surface area contributed by atoms with Crippen molar-refractivity contribution >= 4 is 27.5 Å². The SMILES string of the molecule is CC(C)N(C)CCCCNC(=O)c1ccc(Br)c(N)c1. The van der Waals surface area contributed by atoms with Crippen molar-refractivity contribution in [2.24, 2.45) is 0 Å². The Morgan fingerprint density at radius 1 is 1.40 bits per heavy atom. The number of hydrogen-bond donors (Lipinski definition) is 2. The number of hydrogen-bond acceptors (Lipinski definition) is 3. The van der Waals surface area contributed by atoms with Crippen molar-refractivity contribution in [3.63, 3.8) is 0 Å². The molecular weight excluding hydrogens is 318 g/mol. The summed E-state index contributed by atoms with van der Waals surface area (Å²) in [6, 6.07) is 5.81. The number of halogens is 1. The highest BCUT2D eigenvalue weighted by atomic mass is 79.9. The fourth-order valence-electron chi connectivity index (χ4n) is 1.73. The van der Waals surface area contributed by atoms with Gasteiger partial charge in [-0.1, -0.05) is 0 Å². The molecule has 0 spiro atoms. The maximum absolute atomic E-state index is 11.9. The molecule has 0 saturated heterocycles. The number of nitrogens with zero attached hydrogens (tertiary/aromatic N) is 1. The molecule has 20 heavy (non-hydrogen) atoms. The molecule has 3 N–H and O–H groups in total. The van der Waals surface area contributed by atoms with Gasteiger partial charge in [-0.2, -0.15) is 0 Å². The van der Waals surface area contributed by atoms with Crippen LogP contribution in [0.15, 0.2) is 22.7 Å². The van der Waals surface area contributed by atoms with Gasteiger partial charge in [0.2, 0.25) is 0 Å². The predicted molar refractivity (Wildman–Crippen MR) is 87.9 cm³/mol. The van der Waals surface area contributed by atoms with Crippen LogP contribution in [0.2, 0.25) is 0 Å². The van der Waals surface area contributed by atoms with Crippen molar-refractivity contribution < 1.29 is 4.79 Å². The van der Waals surface area contributed by atoms with E-state index in [0.29, 0.717) is 23.8 Å². The smallest absolute Gasteiger partial charge is 0.251 e. The number of anilines is 1. The highest BCUT2D eigenvalue weighted by Gasteiger charge is 2.07. The summed E-state index contributed by atoms with van der Waals surface area (Å²) in [6.45, 7) is 6.11. The summed E-state index contributed by atoms with van der Waals surface area (Å²) in [4.78, 5) is 14.2. The third-order valence-corrected chi connectivity index (χ3v) is 4.09. The second kappa shape index (κ2) is 8.27. The van der Waals surface area contributed by atoms with Crippen molar-refractivity contribution in [2.45, 2.75) is 32.7 Å². The van der Waals surface area contributed by atoms with E-state index in [1.807, 2.05) is 0 Å². The van der Waals surface area contributed by atoms with E-state index >= 15 is 0 Å².